The van der Waals surface area contributed by atoms with Gasteiger partial charge in [0, 0.05) is 0 Å². The van der Waals surface area contributed by atoms with E-state index >= 15 is 0 Å². The van der Waals surface area contributed by atoms with Gasteiger partial charge in [-0.05, 0) is 58.7 Å². The molecule has 0 aliphatic rings. The van der Waals surface area contributed by atoms with Crippen LogP contribution >= 0.6 is 0 Å². The zero-order valence-corrected chi connectivity index (χ0v) is 15.3. The van der Waals surface area contributed by atoms with E-state index in [1.807, 2.05) is 0 Å². The standard InChI is InChI=1S/C18H27NO6/c1-10(11(2)25-17(23)18(3,4)5)24-16(22)13(19)8-12-6-7-14(20)15(21)9-12/h6-7,9-11,13,20-21H,8,19H2,1-5H3/t10-,11?,13+/m1/s1. The molecule has 1 aromatic carbocycles. The molecular weight excluding hydrogens is 326 g/mol. The third kappa shape index (κ3) is 6.26. The number of hydrogen-bond acceptors (Lipinski definition) is 7. The summed E-state index contributed by atoms with van der Waals surface area (Å²) in [4.78, 5) is 24.0. The Labute approximate surface area is 147 Å². The van der Waals surface area contributed by atoms with Gasteiger partial charge in [0.25, 0.3) is 0 Å². The maximum Gasteiger partial charge on any atom is 0.323 e. The van der Waals surface area contributed by atoms with Gasteiger partial charge in [-0.1, -0.05) is 6.07 Å². The molecule has 0 saturated heterocycles. The largest absolute Gasteiger partial charge is 0.504 e. The Morgan fingerprint density at radius 2 is 1.64 bits per heavy atom. The van der Waals surface area contributed by atoms with Gasteiger partial charge in [0.05, 0.1) is 5.41 Å². The van der Waals surface area contributed by atoms with Crippen molar-refractivity contribution in [2.24, 2.45) is 11.1 Å². The molecule has 0 heterocycles. The van der Waals surface area contributed by atoms with Crippen molar-refractivity contribution in [3.8, 4) is 11.5 Å². The normalized spacial score (nSPS) is 15.1. The first-order chi connectivity index (χ1) is 11.4. The molecule has 0 aromatic heterocycles. The van der Waals surface area contributed by atoms with Gasteiger partial charge >= 0.3 is 11.9 Å². The lowest BCUT2D eigenvalue weighted by molar-refractivity contribution is -0.171. The van der Waals surface area contributed by atoms with E-state index in [9.17, 15) is 19.8 Å². The molecule has 0 radical (unpaired) electrons. The summed E-state index contributed by atoms with van der Waals surface area (Å²) in [5.41, 5.74) is 5.77. The second-order valence-corrected chi connectivity index (χ2v) is 7.14. The molecule has 0 aliphatic heterocycles. The van der Waals surface area contributed by atoms with Crippen LogP contribution in [0.1, 0.15) is 40.2 Å². The summed E-state index contributed by atoms with van der Waals surface area (Å²) in [6.45, 7) is 8.48. The number of nitrogens with two attached hydrogens (primary N) is 1. The second kappa shape index (κ2) is 8.20. The Morgan fingerprint density at radius 1 is 1.08 bits per heavy atom. The Kier molecular flexibility index (Phi) is 6.81. The van der Waals surface area contributed by atoms with Gasteiger partial charge < -0.3 is 25.4 Å². The van der Waals surface area contributed by atoms with Crippen molar-refractivity contribution in [3.05, 3.63) is 23.8 Å². The minimum Gasteiger partial charge on any atom is -0.504 e. The molecule has 1 unspecified atom stereocenters. The minimum atomic E-state index is -0.947. The third-order valence-corrected chi connectivity index (χ3v) is 3.67. The van der Waals surface area contributed by atoms with Gasteiger partial charge in [0.2, 0.25) is 0 Å². The van der Waals surface area contributed by atoms with Crippen LogP contribution in [0.25, 0.3) is 0 Å². The highest BCUT2D eigenvalue weighted by Gasteiger charge is 2.29. The number of hydrogen-bond donors (Lipinski definition) is 3. The maximum atomic E-state index is 12.1. The lowest BCUT2D eigenvalue weighted by Crippen LogP contribution is -2.40. The van der Waals surface area contributed by atoms with Gasteiger partial charge in [0.1, 0.15) is 18.2 Å². The van der Waals surface area contributed by atoms with E-state index in [2.05, 4.69) is 0 Å². The molecule has 0 amide bonds. The third-order valence-electron chi connectivity index (χ3n) is 3.67. The molecule has 4 N–H and O–H groups in total. The minimum absolute atomic E-state index is 0.134. The summed E-state index contributed by atoms with van der Waals surface area (Å²) in [7, 11) is 0. The summed E-state index contributed by atoms with van der Waals surface area (Å²) in [6, 6.07) is 3.26. The highest BCUT2D eigenvalue weighted by atomic mass is 16.6. The average Bonchev–Trinajstić information content (AvgIpc) is 2.49. The summed E-state index contributed by atoms with van der Waals surface area (Å²) < 4.78 is 10.5. The van der Waals surface area contributed by atoms with Crippen LogP contribution in [0, 0.1) is 5.41 Å². The molecule has 1 rings (SSSR count). The fourth-order valence-electron chi connectivity index (χ4n) is 1.84. The molecule has 3 atom stereocenters. The zero-order chi connectivity index (χ0) is 19.4. The molecule has 140 valence electrons. The van der Waals surface area contributed by atoms with E-state index in [1.165, 1.54) is 12.1 Å². The number of esters is 2. The second-order valence-electron chi connectivity index (χ2n) is 7.14. The highest BCUT2D eigenvalue weighted by molar-refractivity contribution is 5.77. The maximum absolute atomic E-state index is 12.1. The van der Waals surface area contributed by atoms with Crippen molar-refractivity contribution in [2.45, 2.75) is 59.3 Å². The molecule has 1 aromatic rings. The highest BCUT2D eigenvalue weighted by Crippen LogP contribution is 2.25. The Hall–Kier alpha value is -2.28. The van der Waals surface area contributed by atoms with E-state index in [0.29, 0.717) is 5.56 Å². The van der Waals surface area contributed by atoms with Crippen molar-refractivity contribution < 1.29 is 29.3 Å². The molecule has 0 fully saturated rings. The summed E-state index contributed by atoms with van der Waals surface area (Å²) >= 11 is 0. The van der Waals surface area contributed by atoms with Crippen LogP contribution < -0.4 is 5.73 Å². The number of rotatable bonds is 6. The van der Waals surface area contributed by atoms with E-state index in [-0.39, 0.29) is 23.9 Å². The van der Waals surface area contributed by atoms with Gasteiger partial charge in [-0.15, -0.1) is 0 Å². The first-order valence-electron chi connectivity index (χ1n) is 8.09. The quantitative estimate of drug-likeness (QED) is 0.527. The summed E-state index contributed by atoms with van der Waals surface area (Å²) in [6.07, 6.45) is -1.13. The fourth-order valence-corrected chi connectivity index (χ4v) is 1.84. The topological polar surface area (TPSA) is 119 Å². The monoisotopic (exact) mass is 353 g/mol. The van der Waals surface area contributed by atoms with E-state index in [0.717, 1.165) is 0 Å². The van der Waals surface area contributed by atoms with Crippen LogP contribution in [0.4, 0.5) is 0 Å². The molecule has 25 heavy (non-hydrogen) atoms. The van der Waals surface area contributed by atoms with Crippen LogP contribution in [-0.4, -0.2) is 40.4 Å². The molecular formula is C18H27NO6. The lowest BCUT2D eigenvalue weighted by Gasteiger charge is -2.25. The fraction of sp³-hybridized carbons (Fsp3) is 0.556. The average molecular weight is 353 g/mol. The number of benzene rings is 1. The number of phenols is 2. The lowest BCUT2D eigenvalue weighted by atomic mass is 9.97. The molecule has 0 spiro atoms. The number of aromatic hydroxyl groups is 2. The molecule has 0 bridgehead atoms. The Morgan fingerprint density at radius 3 is 2.16 bits per heavy atom. The molecule has 7 nitrogen and oxygen atoms in total. The summed E-state index contributed by atoms with van der Waals surface area (Å²) in [5, 5.41) is 18.7. The number of carbonyl (C=O) groups excluding carboxylic acids is 2. The van der Waals surface area contributed by atoms with Crippen LogP contribution in [0.3, 0.4) is 0 Å². The first kappa shape index (κ1) is 20.8. The first-order valence-corrected chi connectivity index (χ1v) is 8.09. The smallest absolute Gasteiger partial charge is 0.323 e. The van der Waals surface area contributed by atoms with Gasteiger partial charge in [-0.2, -0.15) is 0 Å². The van der Waals surface area contributed by atoms with Crippen molar-refractivity contribution in [1.82, 2.24) is 0 Å². The van der Waals surface area contributed by atoms with Crippen LogP contribution in [0.15, 0.2) is 18.2 Å². The van der Waals surface area contributed by atoms with Crippen LogP contribution in [-0.2, 0) is 25.5 Å². The van der Waals surface area contributed by atoms with E-state index in [1.54, 1.807) is 40.7 Å². The van der Waals surface area contributed by atoms with Gasteiger partial charge in [0.15, 0.2) is 11.5 Å². The van der Waals surface area contributed by atoms with Crippen molar-refractivity contribution >= 4 is 11.9 Å². The van der Waals surface area contributed by atoms with Crippen molar-refractivity contribution in [2.75, 3.05) is 0 Å². The predicted octanol–water partition coefficient (Wildman–Crippen LogP) is 1.88. The predicted molar refractivity (Wildman–Crippen MR) is 92.0 cm³/mol. The van der Waals surface area contributed by atoms with Crippen LogP contribution in [0.2, 0.25) is 0 Å². The zero-order valence-electron chi connectivity index (χ0n) is 15.3. The molecule has 7 heteroatoms. The van der Waals surface area contributed by atoms with Crippen molar-refractivity contribution in [1.29, 1.82) is 0 Å². The number of carbonyl (C=O) groups is 2. The van der Waals surface area contributed by atoms with E-state index < -0.39 is 29.6 Å². The van der Waals surface area contributed by atoms with Gasteiger partial charge in [-0.25, -0.2) is 0 Å². The van der Waals surface area contributed by atoms with E-state index in [4.69, 9.17) is 15.2 Å². The number of phenolic OH excluding ortho intramolecular Hbond substituents is 2. The summed E-state index contributed by atoms with van der Waals surface area (Å²) in [5.74, 6) is -1.55. The van der Waals surface area contributed by atoms with Gasteiger partial charge in [-0.3, -0.25) is 9.59 Å². The molecule has 0 aliphatic carbocycles. The molecule has 0 saturated carbocycles. The SMILES string of the molecule is CC(OC(=O)C(C)(C)C)[C@@H](C)OC(=O)[C@@H](N)Cc1ccc(O)c(O)c1. The Balaban J connectivity index is 2.58. The van der Waals surface area contributed by atoms with Crippen LogP contribution in [0.5, 0.6) is 11.5 Å². The van der Waals surface area contributed by atoms with Crippen molar-refractivity contribution in [3.63, 3.8) is 0 Å². The Bertz CT molecular complexity index is 622. The number of ether oxygens (including phenoxy) is 2.